The first-order chi connectivity index (χ1) is 9.49. The van der Waals surface area contributed by atoms with Gasteiger partial charge in [-0.1, -0.05) is 27.2 Å². The van der Waals surface area contributed by atoms with Crippen LogP contribution in [0.4, 0.5) is 5.95 Å². The average molecular weight is 277 g/mol. The molecule has 2 N–H and O–H groups in total. The Labute approximate surface area is 116 Å². The lowest BCUT2D eigenvalue weighted by molar-refractivity contribution is -0.116. The second-order valence-electron chi connectivity index (χ2n) is 5.19. The molecule has 0 saturated carbocycles. The van der Waals surface area contributed by atoms with E-state index >= 15 is 0 Å². The van der Waals surface area contributed by atoms with E-state index in [1.165, 1.54) is 10.6 Å². The van der Waals surface area contributed by atoms with Crippen LogP contribution >= 0.6 is 0 Å². The Morgan fingerprint density at radius 1 is 1.45 bits per heavy atom. The van der Waals surface area contributed by atoms with E-state index in [2.05, 4.69) is 20.4 Å². The number of aromatic amines is 1. The van der Waals surface area contributed by atoms with Gasteiger partial charge in [-0.3, -0.25) is 20.0 Å². The standard InChI is InChI=1S/C13H19N5O2/c1-4-5-9-7-11(20)18-13(14-9)16-12(17-18)15-10(19)6-8(2)3/h7-8H,4-6H2,1-3H3,(H2,14,15,16,17,19). The summed E-state index contributed by atoms with van der Waals surface area (Å²) in [5, 5.41) is 5.37. The summed E-state index contributed by atoms with van der Waals surface area (Å²) in [5.41, 5.74) is 0.486. The SMILES string of the molecule is CCCc1cc(=O)n2[nH]c(NC(=O)CC(C)C)nc2n1. The van der Waals surface area contributed by atoms with Crippen molar-refractivity contribution in [2.45, 2.75) is 40.0 Å². The van der Waals surface area contributed by atoms with Gasteiger partial charge in [0.05, 0.1) is 5.69 Å². The fourth-order valence-corrected chi connectivity index (χ4v) is 1.92. The maximum atomic E-state index is 11.9. The van der Waals surface area contributed by atoms with Crippen molar-refractivity contribution in [1.29, 1.82) is 0 Å². The third-order valence-electron chi connectivity index (χ3n) is 2.74. The maximum Gasteiger partial charge on any atom is 0.274 e. The Morgan fingerprint density at radius 2 is 2.20 bits per heavy atom. The number of carbonyl (C=O) groups is 1. The zero-order chi connectivity index (χ0) is 14.7. The van der Waals surface area contributed by atoms with E-state index in [1.54, 1.807) is 0 Å². The molecular weight excluding hydrogens is 258 g/mol. The van der Waals surface area contributed by atoms with Gasteiger partial charge in [0.25, 0.3) is 11.3 Å². The fourth-order valence-electron chi connectivity index (χ4n) is 1.92. The zero-order valence-electron chi connectivity index (χ0n) is 11.9. The topological polar surface area (TPSA) is 92.2 Å². The van der Waals surface area contributed by atoms with Gasteiger partial charge in [0.2, 0.25) is 11.9 Å². The van der Waals surface area contributed by atoms with Crippen molar-refractivity contribution in [3.63, 3.8) is 0 Å². The Bertz CT molecular complexity index is 671. The molecule has 0 spiro atoms. The molecule has 0 aliphatic carbocycles. The van der Waals surface area contributed by atoms with Gasteiger partial charge in [0.1, 0.15) is 0 Å². The van der Waals surface area contributed by atoms with E-state index in [4.69, 9.17) is 0 Å². The van der Waals surface area contributed by atoms with Crippen LogP contribution < -0.4 is 10.9 Å². The van der Waals surface area contributed by atoms with Crippen LogP contribution in [0.1, 0.15) is 39.3 Å². The van der Waals surface area contributed by atoms with Crippen LogP contribution in [0.2, 0.25) is 0 Å². The third-order valence-corrected chi connectivity index (χ3v) is 2.74. The van der Waals surface area contributed by atoms with Crippen molar-refractivity contribution in [3.05, 3.63) is 22.1 Å². The monoisotopic (exact) mass is 277 g/mol. The van der Waals surface area contributed by atoms with Crippen LogP contribution in [0, 0.1) is 5.92 Å². The average Bonchev–Trinajstić information content (AvgIpc) is 2.71. The lowest BCUT2D eigenvalue weighted by Crippen LogP contribution is -2.17. The van der Waals surface area contributed by atoms with E-state index in [0.717, 1.165) is 12.8 Å². The minimum Gasteiger partial charge on any atom is -0.295 e. The molecule has 2 heterocycles. The van der Waals surface area contributed by atoms with Crippen LogP contribution in [0.5, 0.6) is 0 Å². The number of nitrogens with zero attached hydrogens (tertiary/aromatic N) is 3. The van der Waals surface area contributed by atoms with Gasteiger partial charge in [0.15, 0.2) is 0 Å². The quantitative estimate of drug-likeness (QED) is 0.863. The largest absolute Gasteiger partial charge is 0.295 e. The molecular formula is C13H19N5O2. The first-order valence-electron chi connectivity index (χ1n) is 6.78. The molecule has 0 saturated heterocycles. The van der Waals surface area contributed by atoms with Gasteiger partial charge in [-0.25, -0.2) is 4.98 Å². The third kappa shape index (κ3) is 3.23. The van der Waals surface area contributed by atoms with Gasteiger partial charge < -0.3 is 0 Å². The predicted molar refractivity (Wildman–Crippen MR) is 75.7 cm³/mol. The van der Waals surface area contributed by atoms with E-state index < -0.39 is 0 Å². The molecule has 2 aromatic heterocycles. The Morgan fingerprint density at radius 3 is 2.85 bits per heavy atom. The number of amides is 1. The van der Waals surface area contributed by atoms with Gasteiger partial charge in [-0.05, 0) is 12.3 Å². The molecule has 1 amide bonds. The molecule has 108 valence electrons. The number of H-pyrrole nitrogens is 1. The highest BCUT2D eigenvalue weighted by molar-refractivity contribution is 5.89. The molecule has 0 unspecified atom stereocenters. The van der Waals surface area contributed by atoms with Crippen molar-refractivity contribution in [3.8, 4) is 0 Å². The minimum absolute atomic E-state index is 0.138. The predicted octanol–water partition coefficient (Wildman–Crippen LogP) is 1.35. The number of fused-ring (bicyclic) bond motifs is 1. The number of carbonyl (C=O) groups excluding carboxylic acids is 1. The number of hydrogen-bond acceptors (Lipinski definition) is 4. The highest BCUT2D eigenvalue weighted by atomic mass is 16.2. The van der Waals surface area contributed by atoms with E-state index in [1.807, 2.05) is 20.8 Å². The van der Waals surface area contributed by atoms with Crippen LogP contribution in [0.3, 0.4) is 0 Å². The molecule has 2 rings (SSSR count). The fraction of sp³-hybridized carbons (Fsp3) is 0.538. The highest BCUT2D eigenvalue weighted by Crippen LogP contribution is 2.06. The number of aryl methyl sites for hydroxylation is 1. The van der Waals surface area contributed by atoms with Crippen molar-refractivity contribution in [2.75, 3.05) is 5.32 Å². The zero-order valence-corrected chi connectivity index (χ0v) is 11.9. The Kier molecular flexibility index (Phi) is 4.16. The molecule has 0 bridgehead atoms. The van der Waals surface area contributed by atoms with Crippen LogP contribution in [0.25, 0.3) is 5.78 Å². The summed E-state index contributed by atoms with van der Waals surface area (Å²) in [6, 6.07) is 1.48. The summed E-state index contributed by atoms with van der Waals surface area (Å²) in [6.45, 7) is 5.94. The molecule has 0 atom stereocenters. The number of hydrogen-bond donors (Lipinski definition) is 2. The maximum absolute atomic E-state index is 11.9. The first-order valence-corrected chi connectivity index (χ1v) is 6.78. The molecule has 0 aliphatic heterocycles. The second-order valence-corrected chi connectivity index (χ2v) is 5.19. The summed E-state index contributed by atoms with van der Waals surface area (Å²) in [5.74, 6) is 0.645. The summed E-state index contributed by atoms with van der Waals surface area (Å²) < 4.78 is 1.23. The van der Waals surface area contributed by atoms with E-state index in [9.17, 15) is 9.59 Å². The summed E-state index contributed by atoms with van der Waals surface area (Å²) >= 11 is 0. The van der Waals surface area contributed by atoms with Gasteiger partial charge in [-0.2, -0.15) is 9.50 Å². The number of aromatic nitrogens is 4. The van der Waals surface area contributed by atoms with Gasteiger partial charge in [0, 0.05) is 12.5 Å². The number of rotatable bonds is 5. The Balaban J connectivity index is 2.27. The van der Waals surface area contributed by atoms with Crippen molar-refractivity contribution in [1.82, 2.24) is 19.6 Å². The molecule has 2 aromatic rings. The number of nitrogens with one attached hydrogen (secondary N) is 2. The normalized spacial score (nSPS) is 11.2. The molecule has 0 radical (unpaired) electrons. The molecule has 0 aromatic carbocycles. The highest BCUT2D eigenvalue weighted by Gasteiger charge is 2.11. The molecule has 7 nitrogen and oxygen atoms in total. The van der Waals surface area contributed by atoms with Crippen molar-refractivity contribution < 1.29 is 4.79 Å². The second kappa shape index (κ2) is 5.85. The molecule has 7 heteroatoms. The van der Waals surface area contributed by atoms with E-state index in [-0.39, 0.29) is 29.1 Å². The van der Waals surface area contributed by atoms with Crippen LogP contribution in [-0.2, 0) is 11.2 Å². The van der Waals surface area contributed by atoms with Gasteiger partial charge >= 0.3 is 0 Å². The summed E-state index contributed by atoms with van der Waals surface area (Å²) in [7, 11) is 0. The minimum atomic E-state index is -0.227. The summed E-state index contributed by atoms with van der Waals surface area (Å²) in [4.78, 5) is 32.0. The lowest BCUT2D eigenvalue weighted by atomic mass is 10.1. The Hall–Kier alpha value is -2.18. The first kappa shape index (κ1) is 14.2. The molecule has 0 aliphatic rings. The van der Waals surface area contributed by atoms with Gasteiger partial charge in [-0.15, -0.1) is 0 Å². The lowest BCUT2D eigenvalue weighted by Gasteiger charge is -2.03. The summed E-state index contributed by atoms with van der Waals surface area (Å²) in [6.07, 6.45) is 2.04. The van der Waals surface area contributed by atoms with Crippen molar-refractivity contribution in [2.24, 2.45) is 5.92 Å². The number of anilines is 1. The molecule has 20 heavy (non-hydrogen) atoms. The smallest absolute Gasteiger partial charge is 0.274 e. The van der Waals surface area contributed by atoms with Crippen molar-refractivity contribution >= 4 is 17.6 Å². The van der Waals surface area contributed by atoms with Crippen LogP contribution in [-0.4, -0.2) is 25.5 Å². The molecule has 0 fully saturated rings. The van der Waals surface area contributed by atoms with Crippen LogP contribution in [0.15, 0.2) is 10.9 Å². The van der Waals surface area contributed by atoms with E-state index in [0.29, 0.717) is 12.1 Å².